The molecular formula is C10H11BrN2O. The Bertz CT molecular complexity index is 565. The summed E-state index contributed by atoms with van der Waals surface area (Å²) in [5.41, 5.74) is 2.87. The maximum atomic E-state index is 11.8. The zero-order valence-corrected chi connectivity index (χ0v) is 9.90. The van der Waals surface area contributed by atoms with Crippen LogP contribution in [0.3, 0.4) is 0 Å². The number of aromatic nitrogens is 2. The minimum Gasteiger partial charge on any atom is -0.354 e. The second-order valence-corrected chi connectivity index (χ2v) is 4.37. The number of aryl methyl sites for hydroxylation is 3. The number of rotatable bonds is 0. The molecule has 2 heterocycles. The number of nitrogens with one attached hydrogen (secondary N) is 1. The highest BCUT2D eigenvalue weighted by Crippen LogP contribution is 2.26. The monoisotopic (exact) mass is 254 g/mol. The van der Waals surface area contributed by atoms with E-state index in [1.165, 1.54) is 0 Å². The molecule has 4 heteroatoms. The molecule has 3 nitrogen and oxygen atoms in total. The molecule has 0 atom stereocenters. The predicted molar refractivity (Wildman–Crippen MR) is 60.7 cm³/mol. The van der Waals surface area contributed by atoms with E-state index in [0.717, 1.165) is 21.1 Å². The molecule has 0 saturated heterocycles. The van der Waals surface area contributed by atoms with Crippen molar-refractivity contribution < 1.29 is 0 Å². The van der Waals surface area contributed by atoms with Crippen molar-refractivity contribution in [1.82, 2.24) is 9.55 Å². The first-order valence-electron chi connectivity index (χ1n) is 4.36. The summed E-state index contributed by atoms with van der Waals surface area (Å²) in [5.74, 6) is 0. The maximum Gasteiger partial charge on any atom is 0.274 e. The molecule has 74 valence electrons. The molecule has 0 aliphatic heterocycles. The Hall–Kier alpha value is -1.03. The second-order valence-electron chi connectivity index (χ2n) is 3.52. The number of halogens is 1. The van der Waals surface area contributed by atoms with Crippen LogP contribution in [-0.2, 0) is 7.05 Å². The molecule has 2 rings (SSSR count). The first-order valence-corrected chi connectivity index (χ1v) is 5.15. The third kappa shape index (κ3) is 1.14. The molecule has 2 aromatic rings. The fourth-order valence-electron chi connectivity index (χ4n) is 1.65. The van der Waals surface area contributed by atoms with E-state index in [-0.39, 0.29) is 5.56 Å². The van der Waals surface area contributed by atoms with Crippen LogP contribution in [0.5, 0.6) is 0 Å². The maximum absolute atomic E-state index is 11.8. The van der Waals surface area contributed by atoms with Gasteiger partial charge in [0.25, 0.3) is 5.56 Å². The standard InChI is InChI=1S/C10H11BrN2O/c1-5-6(2)12-9-8(5)7(11)4-13(3)10(9)14/h4,12H,1-3H3. The van der Waals surface area contributed by atoms with E-state index in [1.54, 1.807) is 17.8 Å². The molecule has 0 spiro atoms. The predicted octanol–water partition coefficient (Wildman–Crippen LogP) is 2.25. The lowest BCUT2D eigenvalue weighted by Crippen LogP contribution is -2.16. The van der Waals surface area contributed by atoms with E-state index in [1.807, 2.05) is 13.8 Å². The van der Waals surface area contributed by atoms with Crippen molar-refractivity contribution in [3.8, 4) is 0 Å². The van der Waals surface area contributed by atoms with Crippen molar-refractivity contribution in [2.75, 3.05) is 0 Å². The van der Waals surface area contributed by atoms with Crippen LogP contribution in [-0.4, -0.2) is 9.55 Å². The highest BCUT2D eigenvalue weighted by Gasteiger charge is 2.11. The number of fused-ring (bicyclic) bond motifs is 1. The van der Waals surface area contributed by atoms with Gasteiger partial charge in [0.15, 0.2) is 0 Å². The SMILES string of the molecule is Cc1[nH]c2c(=O)n(C)cc(Br)c2c1C. The molecule has 0 aromatic carbocycles. The van der Waals surface area contributed by atoms with Gasteiger partial charge < -0.3 is 9.55 Å². The van der Waals surface area contributed by atoms with Gasteiger partial charge in [-0.2, -0.15) is 0 Å². The van der Waals surface area contributed by atoms with Crippen molar-refractivity contribution in [3.63, 3.8) is 0 Å². The molecule has 14 heavy (non-hydrogen) atoms. The third-order valence-corrected chi connectivity index (χ3v) is 3.18. The Balaban J connectivity index is 3.10. The number of H-pyrrole nitrogens is 1. The van der Waals surface area contributed by atoms with Gasteiger partial charge in [0.2, 0.25) is 0 Å². The highest BCUT2D eigenvalue weighted by atomic mass is 79.9. The van der Waals surface area contributed by atoms with Crippen LogP contribution in [0.25, 0.3) is 10.9 Å². The number of nitrogens with zero attached hydrogens (tertiary/aromatic N) is 1. The lowest BCUT2D eigenvalue weighted by molar-refractivity contribution is 0.866. The van der Waals surface area contributed by atoms with Gasteiger partial charge in [0.1, 0.15) is 5.52 Å². The lowest BCUT2D eigenvalue weighted by atomic mass is 10.2. The van der Waals surface area contributed by atoms with E-state index in [4.69, 9.17) is 0 Å². The van der Waals surface area contributed by atoms with Crippen LogP contribution in [0.4, 0.5) is 0 Å². The van der Waals surface area contributed by atoms with Crippen molar-refractivity contribution in [2.45, 2.75) is 13.8 Å². The molecule has 0 aliphatic carbocycles. The molecule has 0 amide bonds. The fraction of sp³-hybridized carbons (Fsp3) is 0.300. The summed E-state index contributed by atoms with van der Waals surface area (Å²) < 4.78 is 2.53. The molecule has 0 unspecified atom stereocenters. The van der Waals surface area contributed by atoms with Crippen molar-refractivity contribution in [3.05, 3.63) is 32.3 Å². The van der Waals surface area contributed by atoms with E-state index in [0.29, 0.717) is 5.52 Å². The number of pyridine rings is 1. The zero-order valence-electron chi connectivity index (χ0n) is 8.31. The Morgan fingerprint density at radius 1 is 1.43 bits per heavy atom. The van der Waals surface area contributed by atoms with E-state index < -0.39 is 0 Å². The highest BCUT2D eigenvalue weighted by molar-refractivity contribution is 9.10. The van der Waals surface area contributed by atoms with E-state index in [2.05, 4.69) is 20.9 Å². The van der Waals surface area contributed by atoms with Crippen LogP contribution in [0.15, 0.2) is 15.5 Å². The Labute approximate surface area is 89.9 Å². The molecule has 1 N–H and O–H groups in total. The van der Waals surface area contributed by atoms with Gasteiger partial charge in [-0.15, -0.1) is 0 Å². The molecule has 0 radical (unpaired) electrons. The molecule has 0 aliphatic rings. The zero-order chi connectivity index (χ0) is 10.5. The molecule has 2 aromatic heterocycles. The van der Waals surface area contributed by atoms with Crippen molar-refractivity contribution in [1.29, 1.82) is 0 Å². The molecule has 0 fully saturated rings. The van der Waals surface area contributed by atoms with Crippen LogP contribution in [0.1, 0.15) is 11.3 Å². The van der Waals surface area contributed by atoms with Crippen LogP contribution in [0.2, 0.25) is 0 Å². The van der Waals surface area contributed by atoms with E-state index in [9.17, 15) is 4.79 Å². The Morgan fingerprint density at radius 3 is 2.71 bits per heavy atom. The first-order chi connectivity index (χ1) is 6.52. The minimum absolute atomic E-state index is 0.0133. The third-order valence-electron chi connectivity index (χ3n) is 2.58. The van der Waals surface area contributed by atoms with Gasteiger partial charge in [0.05, 0.1) is 0 Å². The fourth-order valence-corrected chi connectivity index (χ4v) is 2.45. The first kappa shape index (κ1) is 9.52. The summed E-state index contributed by atoms with van der Waals surface area (Å²) in [5, 5.41) is 0.991. The smallest absolute Gasteiger partial charge is 0.274 e. The minimum atomic E-state index is 0.0133. The number of hydrogen-bond donors (Lipinski definition) is 1. The largest absolute Gasteiger partial charge is 0.354 e. The number of aromatic amines is 1. The summed E-state index contributed by atoms with van der Waals surface area (Å²) in [6.07, 6.45) is 1.80. The lowest BCUT2D eigenvalue weighted by Gasteiger charge is -2.00. The summed E-state index contributed by atoms with van der Waals surface area (Å²) in [6.45, 7) is 3.99. The summed E-state index contributed by atoms with van der Waals surface area (Å²) >= 11 is 3.47. The molecule has 0 saturated carbocycles. The van der Waals surface area contributed by atoms with Crippen LogP contribution in [0, 0.1) is 13.8 Å². The van der Waals surface area contributed by atoms with Gasteiger partial charge in [-0.1, -0.05) is 0 Å². The summed E-state index contributed by atoms with van der Waals surface area (Å²) in [4.78, 5) is 14.9. The van der Waals surface area contributed by atoms with Crippen LogP contribution >= 0.6 is 15.9 Å². The van der Waals surface area contributed by atoms with Gasteiger partial charge in [-0.25, -0.2) is 0 Å². The molecular weight excluding hydrogens is 244 g/mol. The van der Waals surface area contributed by atoms with E-state index >= 15 is 0 Å². The topological polar surface area (TPSA) is 37.8 Å². The molecule has 0 bridgehead atoms. The van der Waals surface area contributed by atoms with Crippen molar-refractivity contribution in [2.24, 2.45) is 7.05 Å². The Morgan fingerprint density at radius 2 is 2.07 bits per heavy atom. The Kier molecular flexibility index (Phi) is 2.03. The quantitative estimate of drug-likeness (QED) is 0.770. The van der Waals surface area contributed by atoms with Gasteiger partial charge in [-0.05, 0) is 35.3 Å². The van der Waals surface area contributed by atoms with Crippen LogP contribution < -0.4 is 5.56 Å². The number of hydrogen-bond acceptors (Lipinski definition) is 1. The van der Waals surface area contributed by atoms with Crippen molar-refractivity contribution >= 4 is 26.8 Å². The van der Waals surface area contributed by atoms with Gasteiger partial charge in [-0.3, -0.25) is 4.79 Å². The second kappa shape index (κ2) is 2.98. The average Bonchev–Trinajstić information content (AvgIpc) is 2.40. The summed E-state index contributed by atoms with van der Waals surface area (Å²) in [7, 11) is 1.75. The van der Waals surface area contributed by atoms with Gasteiger partial charge >= 0.3 is 0 Å². The summed E-state index contributed by atoms with van der Waals surface area (Å²) in [6, 6.07) is 0. The van der Waals surface area contributed by atoms with Gasteiger partial charge in [0, 0.05) is 28.8 Å². The normalized spacial score (nSPS) is 11.1. The average molecular weight is 255 g/mol.